The minimum Gasteiger partial charge on any atom is -0.266 e. The lowest BCUT2D eigenvalue weighted by Crippen LogP contribution is -2.18. The Balaban J connectivity index is 1.73. The Labute approximate surface area is 155 Å². The molecule has 0 radical (unpaired) electrons. The number of rotatable bonds is 3. The van der Waals surface area contributed by atoms with Crippen LogP contribution in [0, 0.1) is 5.92 Å². The summed E-state index contributed by atoms with van der Waals surface area (Å²) < 4.78 is 0. The number of benzene rings is 1. The van der Waals surface area contributed by atoms with E-state index < -0.39 is 0 Å². The van der Waals surface area contributed by atoms with Crippen LogP contribution >= 0.6 is 34.5 Å². The Kier molecular flexibility index (Phi) is 5.28. The molecule has 0 unspecified atom stereocenters. The summed E-state index contributed by atoms with van der Waals surface area (Å²) in [7, 11) is 0. The highest BCUT2D eigenvalue weighted by atomic mass is 35.5. The fourth-order valence-electron chi connectivity index (χ4n) is 2.85. The maximum atomic E-state index is 12.4. The Hall–Kier alpha value is -1.36. The van der Waals surface area contributed by atoms with Crippen molar-refractivity contribution in [2.24, 2.45) is 11.0 Å². The molecule has 2 aromatic rings. The molecule has 1 amide bonds. The summed E-state index contributed by atoms with van der Waals surface area (Å²) in [5, 5.41) is 5.26. The molecule has 1 aliphatic carbocycles. The number of thiophene rings is 1. The van der Waals surface area contributed by atoms with Crippen molar-refractivity contribution in [2.75, 3.05) is 0 Å². The molecule has 0 saturated carbocycles. The first-order valence-electron chi connectivity index (χ1n) is 7.85. The fraction of sp³-hybridized carbons (Fsp3) is 0.333. The normalized spacial score (nSPS) is 17.5. The number of nitrogens with zero attached hydrogens (tertiary/aromatic N) is 1. The van der Waals surface area contributed by atoms with Crippen LogP contribution in [0.4, 0.5) is 0 Å². The second-order valence-electron chi connectivity index (χ2n) is 6.17. The van der Waals surface area contributed by atoms with Crippen molar-refractivity contribution in [3.63, 3.8) is 0 Å². The summed E-state index contributed by atoms with van der Waals surface area (Å²) in [5.74, 6) is 0.516. The van der Waals surface area contributed by atoms with Crippen molar-refractivity contribution in [2.45, 2.75) is 33.1 Å². The van der Waals surface area contributed by atoms with E-state index in [1.165, 1.54) is 16.9 Å². The maximum Gasteiger partial charge on any atom is 0.281 e. The lowest BCUT2D eigenvalue weighted by molar-refractivity contribution is 0.0959. The lowest BCUT2D eigenvalue weighted by Gasteiger charge is -2.16. The molecular formula is C18H18Cl2N2OS. The Morgan fingerprint density at radius 1 is 1.33 bits per heavy atom. The summed E-state index contributed by atoms with van der Waals surface area (Å²) >= 11 is 13.6. The molecular weight excluding hydrogens is 363 g/mol. The van der Waals surface area contributed by atoms with Gasteiger partial charge in [-0.05, 0) is 55.9 Å². The zero-order valence-electron chi connectivity index (χ0n) is 13.5. The predicted octanol–water partition coefficient (Wildman–Crippen LogP) is 5.33. The Morgan fingerprint density at radius 3 is 2.88 bits per heavy atom. The van der Waals surface area contributed by atoms with Gasteiger partial charge >= 0.3 is 0 Å². The van der Waals surface area contributed by atoms with E-state index in [1.54, 1.807) is 36.5 Å². The molecule has 1 heterocycles. The minimum atomic E-state index is -0.175. The fourth-order valence-corrected chi connectivity index (χ4v) is 4.49. The molecule has 0 saturated heterocycles. The predicted molar refractivity (Wildman–Crippen MR) is 102 cm³/mol. The number of hydrazone groups is 1. The van der Waals surface area contributed by atoms with Crippen LogP contribution in [-0.2, 0) is 12.8 Å². The maximum absolute atomic E-state index is 12.4. The highest BCUT2D eigenvalue weighted by Crippen LogP contribution is 2.32. The summed E-state index contributed by atoms with van der Waals surface area (Å²) in [6.45, 7) is 4.06. The third-order valence-corrected chi connectivity index (χ3v) is 5.98. The van der Waals surface area contributed by atoms with Crippen molar-refractivity contribution < 1.29 is 4.79 Å². The zero-order chi connectivity index (χ0) is 17.3. The molecule has 3 nitrogen and oxygen atoms in total. The number of nitrogens with one attached hydrogen (secondary N) is 1. The van der Waals surface area contributed by atoms with Gasteiger partial charge in [0.05, 0.1) is 15.6 Å². The van der Waals surface area contributed by atoms with Gasteiger partial charge in [0.2, 0.25) is 0 Å². The van der Waals surface area contributed by atoms with Crippen LogP contribution in [-0.4, -0.2) is 11.6 Å². The molecule has 0 bridgehead atoms. The van der Waals surface area contributed by atoms with Gasteiger partial charge in [-0.1, -0.05) is 36.2 Å². The standard InChI is InChI=1S/C18H18Cl2N2OS/c1-10-3-6-16-12(7-10)8-17(24-16)18(23)22-21-11(2)14-5-4-13(19)9-15(14)20/h4-5,8-10H,3,6-7H2,1-2H3,(H,22,23)/b21-11-/t10-/m0/s1. The first kappa shape index (κ1) is 17.5. The SMILES string of the molecule is C/C(=N/NC(=O)c1cc2c(s1)CC[C@H](C)C2)c1ccc(Cl)cc1Cl. The van der Waals surface area contributed by atoms with E-state index in [4.69, 9.17) is 23.2 Å². The van der Waals surface area contributed by atoms with Gasteiger partial charge in [0.15, 0.2) is 0 Å². The molecule has 0 fully saturated rings. The van der Waals surface area contributed by atoms with E-state index in [0.29, 0.717) is 26.6 Å². The van der Waals surface area contributed by atoms with Crippen molar-refractivity contribution in [3.8, 4) is 0 Å². The average Bonchev–Trinajstić information content (AvgIpc) is 2.95. The van der Waals surface area contributed by atoms with Gasteiger partial charge in [-0.3, -0.25) is 4.79 Å². The molecule has 1 atom stereocenters. The van der Waals surface area contributed by atoms with Gasteiger partial charge in [-0.25, -0.2) is 5.43 Å². The zero-order valence-corrected chi connectivity index (χ0v) is 15.9. The third-order valence-electron chi connectivity index (χ3n) is 4.20. The Morgan fingerprint density at radius 2 is 2.12 bits per heavy atom. The van der Waals surface area contributed by atoms with Gasteiger partial charge < -0.3 is 0 Å². The molecule has 126 valence electrons. The number of hydrogen-bond donors (Lipinski definition) is 1. The quantitative estimate of drug-likeness (QED) is 0.566. The van der Waals surface area contributed by atoms with Crippen molar-refractivity contribution in [1.29, 1.82) is 0 Å². The van der Waals surface area contributed by atoms with Crippen molar-refractivity contribution in [1.82, 2.24) is 5.43 Å². The van der Waals surface area contributed by atoms with Crippen LogP contribution < -0.4 is 5.43 Å². The minimum absolute atomic E-state index is 0.175. The number of fused-ring (bicyclic) bond motifs is 1. The van der Waals surface area contributed by atoms with Crippen LogP contribution in [0.2, 0.25) is 10.0 Å². The molecule has 6 heteroatoms. The molecule has 1 aromatic carbocycles. The lowest BCUT2D eigenvalue weighted by atomic mass is 9.90. The first-order chi connectivity index (χ1) is 11.4. The second-order valence-corrected chi connectivity index (χ2v) is 8.15. The van der Waals surface area contributed by atoms with Gasteiger partial charge in [0.1, 0.15) is 0 Å². The van der Waals surface area contributed by atoms with Crippen LogP contribution in [0.1, 0.15) is 45.9 Å². The average molecular weight is 381 g/mol. The van der Waals surface area contributed by atoms with Gasteiger partial charge in [0, 0.05) is 15.5 Å². The third kappa shape index (κ3) is 3.82. The topological polar surface area (TPSA) is 41.5 Å². The Bertz CT molecular complexity index is 813. The monoisotopic (exact) mass is 380 g/mol. The first-order valence-corrected chi connectivity index (χ1v) is 9.43. The van der Waals surface area contributed by atoms with Gasteiger partial charge in [-0.15, -0.1) is 11.3 Å². The molecule has 1 N–H and O–H groups in total. The van der Waals surface area contributed by atoms with Crippen LogP contribution in [0.15, 0.2) is 29.4 Å². The molecule has 24 heavy (non-hydrogen) atoms. The molecule has 0 aliphatic heterocycles. The van der Waals surface area contributed by atoms with E-state index in [1.807, 2.05) is 6.07 Å². The van der Waals surface area contributed by atoms with E-state index in [-0.39, 0.29) is 5.91 Å². The van der Waals surface area contributed by atoms with E-state index >= 15 is 0 Å². The van der Waals surface area contributed by atoms with E-state index in [9.17, 15) is 4.79 Å². The largest absolute Gasteiger partial charge is 0.281 e. The number of aryl methyl sites for hydroxylation is 1. The van der Waals surface area contributed by atoms with E-state index in [0.717, 1.165) is 18.4 Å². The smallest absolute Gasteiger partial charge is 0.266 e. The molecule has 1 aliphatic rings. The number of halogens is 2. The second kappa shape index (κ2) is 7.26. The van der Waals surface area contributed by atoms with Gasteiger partial charge in [-0.2, -0.15) is 5.10 Å². The number of hydrogen-bond acceptors (Lipinski definition) is 3. The number of carbonyl (C=O) groups is 1. The van der Waals surface area contributed by atoms with Crippen LogP contribution in [0.3, 0.4) is 0 Å². The van der Waals surface area contributed by atoms with E-state index in [2.05, 4.69) is 17.5 Å². The molecule has 1 aromatic heterocycles. The summed E-state index contributed by atoms with van der Waals surface area (Å²) in [5.41, 5.74) is 5.33. The van der Waals surface area contributed by atoms with Crippen LogP contribution in [0.5, 0.6) is 0 Å². The van der Waals surface area contributed by atoms with Crippen molar-refractivity contribution >= 4 is 46.2 Å². The summed E-state index contributed by atoms with van der Waals surface area (Å²) in [4.78, 5) is 14.4. The van der Waals surface area contributed by atoms with Crippen LogP contribution in [0.25, 0.3) is 0 Å². The number of amides is 1. The van der Waals surface area contributed by atoms with Gasteiger partial charge in [0.25, 0.3) is 5.91 Å². The highest BCUT2D eigenvalue weighted by Gasteiger charge is 2.20. The summed E-state index contributed by atoms with van der Waals surface area (Å²) in [6.07, 6.45) is 3.32. The number of carbonyl (C=O) groups excluding carboxylic acids is 1. The highest BCUT2D eigenvalue weighted by molar-refractivity contribution is 7.14. The molecule has 3 rings (SSSR count). The molecule has 0 spiro atoms. The van der Waals surface area contributed by atoms with Crippen molar-refractivity contribution in [3.05, 3.63) is 55.2 Å². The summed E-state index contributed by atoms with van der Waals surface area (Å²) in [6, 6.07) is 7.21.